The molecule has 0 heterocycles. The minimum atomic E-state index is -1.12. The fourth-order valence-corrected chi connectivity index (χ4v) is 1.66. The van der Waals surface area contributed by atoms with Gasteiger partial charge in [0.1, 0.15) is 0 Å². The van der Waals surface area contributed by atoms with E-state index < -0.39 is 5.97 Å². The Hall–Kier alpha value is -1.79. The summed E-state index contributed by atoms with van der Waals surface area (Å²) in [7, 11) is 1.60. The van der Waals surface area contributed by atoms with Gasteiger partial charge in [-0.05, 0) is 24.6 Å². The number of carboxylic acids is 1. The van der Waals surface area contributed by atoms with Crippen molar-refractivity contribution in [3.05, 3.63) is 28.8 Å². The third kappa shape index (κ3) is 4.42. The number of hydrogen-bond acceptors (Lipinski definition) is 3. The van der Waals surface area contributed by atoms with Crippen LogP contribution in [0.2, 0.25) is 5.02 Å². The molecule has 0 atom stereocenters. The first kappa shape index (κ1) is 15.3. The lowest BCUT2D eigenvalue weighted by atomic mass is 10.2. The molecule has 1 aromatic rings. The first-order valence-electron chi connectivity index (χ1n) is 5.61. The van der Waals surface area contributed by atoms with Crippen LogP contribution in [0.1, 0.15) is 16.8 Å². The van der Waals surface area contributed by atoms with Crippen LogP contribution in [0, 0.1) is 0 Å². The first-order chi connectivity index (χ1) is 8.95. The van der Waals surface area contributed by atoms with E-state index in [0.29, 0.717) is 18.7 Å². The monoisotopic (exact) mass is 286 g/mol. The SMILES string of the molecule is CN(CCCO)C(=O)Nc1ccc(C(=O)O)c(Cl)c1. The van der Waals surface area contributed by atoms with E-state index in [4.69, 9.17) is 21.8 Å². The van der Waals surface area contributed by atoms with Gasteiger partial charge in [-0.3, -0.25) is 0 Å². The molecular formula is C12H15ClN2O4. The Morgan fingerprint density at radius 3 is 2.63 bits per heavy atom. The number of aliphatic hydroxyl groups excluding tert-OH is 1. The van der Waals surface area contributed by atoms with Crippen molar-refractivity contribution in [1.82, 2.24) is 4.90 Å². The van der Waals surface area contributed by atoms with Crippen molar-refractivity contribution in [2.24, 2.45) is 0 Å². The Labute approximate surface area is 115 Å². The molecular weight excluding hydrogens is 272 g/mol. The minimum absolute atomic E-state index is 0.0107. The number of hydrogen-bond donors (Lipinski definition) is 3. The number of nitrogens with one attached hydrogen (secondary N) is 1. The van der Waals surface area contributed by atoms with Gasteiger partial charge in [0.25, 0.3) is 0 Å². The number of carbonyl (C=O) groups is 2. The Balaban J connectivity index is 2.70. The van der Waals surface area contributed by atoms with Crippen LogP contribution in [0.25, 0.3) is 0 Å². The molecule has 0 spiro atoms. The average molecular weight is 287 g/mol. The number of halogens is 1. The fraction of sp³-hybridized carbons (Fsp3) is 0.333. The van der Waals surface area contributed by atoms with Crippen molar-refractivity contribution in [1.29, 1.82) is 0 Å². The number of nitrogens with zero attached hydrogens (tertiary/aromatic N) is 1. The lowest BCUT2D eigenvalue weighted by Crippen LogP contribution is -2.32. The molecule has 2 amide bonds. The summed E-state index contributed by atoms with van der Waals surface area (Å²) < 4.78 is 0. The molecule has 7 heteroatoms. The van der Waals surface area contributed by atoms with Gasteiger partial charge in [-0.1, -0.05) is 11.6 Å². The van der Waals surface area contributed by atoms with Crippen molar-refractivity contribution >= 4 is 29.3 Å². The maximum Gasteiger partial charge on any atom is 0.337 e. The van der Waals surface area contributed by atoms with E-state index in [9.17, 15) is 9.59 Å². The summed E-state index contributed by atoms with van der Waals surface area (Å²) in [5.74, 6) is -1.12. The number of carboxylic acid groups (broad SMARTS) is 1. The van der Waals surface area contributed by atoms with E-state index in [1.54, 1.807) is 7.05 Å². The fourth-order valence-electron chi connectivity index (χ4n) is 1.39. The van der Waals surface area contributed by atoms with Gasteiger partial charge in [0.2, 0.25) is 0 Å². The summed E-state index contributed by atoms with van der Waals surface area (Å²) in [6.45, 7) is 0.431. The molecule has 104 valence electrons. The molecule has 6 nitrogen and oxygen atoms in total. The maximum absolute atomic E-state index is 11.7. The highest BCUT2D eigenvalue weighted by molar-refractivity contribution is 6.33. The minimum Gasteiger partial charge on any atom is -0.478 e. The Bertz CT molecular complexity index is 479. The van der Waals surface area contributed by atoms with Gasteiger partial charge in [-0.25, -0.2) is 9.59 Å². The highest BCUT2D eigenvalue weighted by atomic mass is 35.5. The largest absolute Gasteiger partial charge is 0.478 e. The average Bonchev–Trinajstić information content (AvgIpc) is 2.35. The smallest absolute Gasteiger partial charge is 0.337 e. The van der Waals surface area contributed by atoms with Gasteiger partial charge in [0, 0.05) is 25.9 Å². The zero-order valence-corrected chi connectivity index (χ0v) is 11.1. The van der Waals surface area contributed by atoms with Gasteiger partial charge in [-0.15, -0.1) is 0 Å². The third-order valence-electron chi connectivity index (χ3n) is 2.45. The molecule has 0 unspecified atom stereocenters. The second-order valence-corrected chi connectivity index (χ2v) is 4.34. The topological polar surface area (TPSA) is 89.9 Å². The number of aromatic carboxylic acids is 1. The number of benzene rings is 1. The maximum atomic E-state index is 11.7. The zero-order chi connectivity index (χ0) is 14.4. The van der Waals surface area contributed by atoms with E-state index in [0.717, 1.165) is 0 Å². The molecule has 1 aromatic carbocycles. The predicted molar refractivity (Wildman–Crippen MR) is 71.8 cm³/mol. The van der Waals surface area contributed by atoms with Crippen molar-refractivity contribution in [2.75, 3.05) is 25.5 Å². The van der Waals surface area contributed by atoms with Crippen LogP contribution in [0.5, 0.6) is 0 Å². The van der Waals surface area contributed by atoms with Crippen LogP contribution in [-0.2, 0) is 0 Å². The number of aliphatic hydroxyl groups is 1. The van der Waals surface area contributed by atoms with E-state index in [1.807, 2.05) is 0 Å². The van der Waals surface area contributed by atoms with Crippen LogP contribution in [0.4, 0.5) is 10.5 Å². The number of urea groups is 1. The number of amides is 2. The second kappa shape index (κ2) is 6.96. The summed E-state index contributed by atoms with van der Waals surface area (Å²) in [5.41, 5.74) is 0.393. The number of anilines is 1. The van der Waals surface area contributed by atoms with Crippen LogP contribution in [0.15, 0.2) is 18.2 Å². The van der Waals surface area contributed by atoms with E-state index in [2.05, 4.69) is 5.32 Å². The van der Waals surface area contributed by atoms with Crippen molar-refractivity contribution in [2.45, 2.75) is 6.42 Å². The lowest BCUT2D eigenvalue weighted by molar-refractivity contribution is 0.0697. The highest BCUT2D eigenvalue weighted by Gasteiger charge is 2.12. The quantitative estimate of drug-likeness (QED) is 0.771. The van der Waals surface area contributed by atoms with Crippen molar-refractivity contribution in [3.63, 3.8) is 0 Å². The summed E-state index contributed by atoms with van der Waals surface area (Å²) in [4.78, 5) is 23.9. The highest BCUT2D eigenvalue weighted by Crippen LogP contribution is 2.21. The van der Waals surface area contributed by atoms with Gasteiger partial charge < -0.3 is 20.4 Å². The lowest BCUT2D eigenvalue weighted by Gasteiger charge is -2.17. The van der Waals surface area contributed by atoms with Gasteiger partial charge in [0.15, 0.2) is 0 Å². The molecule has 0 aliphatic carbocycles. The molecule has 0 saturated heterocycles. The number of carbonyl (C=O) groups excluding carboxylic acids is 1. The van der Waals surface area contributed by atoms with E-state index in [1.165, 1.54) is 23.1 Å². The third-order valence-corrected chi connectivity index (χ3v) is 2.76. The van der Waals surface area contributed by atoms with Crippen LogP contribution < -0.4 is 5.32 Å². The first-order valence-corrected chi connectivity index (χ1v) is 5.99. The molecule has 0 aromatic heterocycles. The summed E-state index contributed by atoms with van der Waals surface area (Å²) in [6, 6.07) is 3.82. The standard InChI is InChI=1S/C12H15ClN2O4/c1-15(5-2-6-16)12(19)14-8-3-4-9(11(17)18)10(13)7-8/h3-4,7,16H,2,5-6H2,1H3,(H,14,19)(H,17,18). The van der Waals surface area contributed by atoms with Crippen LogP contribution >= 0.6 is 11.6 Å². The molecule has 0 aliphatic rings. The van der Waals surface area contributed by atoms with Crippen LogP contribution in [-0.4, -0.2) is 47.3 Å². The molecule has 1 rings (SSSR count). The molecule has 0 bridgehead atoms. The summed E-state index contributed by atoms with van der Waals surface area (Å²) in [6.07, 6.45) is 0.489. The molecule has 0 saturated carbocycles. The summed E-state index contributed by atoms with van der Waals surface area (Å²) >= 11 is 5.79. The Morgan fingerprint density at radius 1 is 1.42 bits per heavy atom. The summed E-state index contributed by atoms with van der Waals surface area (Å²) in [5, 5.41) is 20.1. The second-order valence-electron chi connectivity index (χ2n) is 3.93. The van der Waals surface area contributed by atoms with Gasteiger partial charge >= 0.3 is 12.0 Å². The number of rotatable bonds is 5. The molecule has 0 fully saturated rings. The Morgan fingerprint density at radius 2 is 2.11 bits per heavy atom. The molecule has 0 radical (unpaired) electrons. The van der Waals surface area contributed by atoms with Crippen molar-refractivity contribution < 1.29 is 19.8 Å². The van der Waals surface area contributed by atoms with Crippen LogP contribution in [0.3, 0.4) is 0 Å². The van der Waals surface area contributed by atoms with E-state index in [-0.39, 0.29) is 23.2 Å². The predicted octanol–water partition coefficient (Wildman–Crippen LogP) is 1.88. The Kier molecular flexibility index (Phi) is 5.59. The molecule has 0 aliphatic heterocycles. The normalized spacial score (nSPS) is 10.1. The molecule has 3 N–H and O–H groups in total. The van der Waals surface area contributed by atoms with Crippen molar-refractivity contribution in [3.8, 4) is 0 Å². The van der Waals surface area contributed by atoms with Gasteiger partial charge in [-0.2, -0.15) is 0 Å². The van der Waals surface area contributed by atoms with Gasteiger partial charge in [0.05, 0.1) is 10.6 Å². The molecule has 19 heavy (non-hydrogen) atoms. The van der Waals surface area contributed by atoms with E-state index >= 15 is 0 Å². The zero-order valence-electron chi connectivity index (χ0n) is 10.4.